The number of carbonyl (C=O) groups is 1. The number of benzene rings is 2. The number of nitrogens with one attached hydrogen (secondary N) is 1. The Labute approximate surface area is 159 Å². The third-order valence-electron chi connectivity index (χ3n) is 3.44. The summed E-state index contributed by atoms with van der Waals surface area (Å²) in [5, 5.41) is 4.57. The second-order valence-corrected chi connectivity index (χ2v) is 7.33. The number of nitrogens with zero attached hydrogens (tertiary/aromatic N) is 1. The summed E-state index contributed by atoms with van der Waals surface area (Å²) in [6, 6.07) is 14.8. The van der Waals surface area contributed by atoms with E-state index < -0.39 is 0 Å². The summed E-state index contributed by atoms with van der Waals surface area (Å²) in [4.78, 5) is 17.6. The minimum Gasteiger partial charge on any atom is -0.298 e. The van der Waals surface area contributed by atoms with Crippen molar-refractivity contribution < 1.29 is 4.79 Å². The molecule has 0 radical (unpaired) electrons. The summed E-state index contributed by atoms with van der Waals surface area (Å²) in [5.74, 6) is -0.258. The van der Waals surface area contributed by atoms with E-state index >= 15 is 0 Å². The first-order valence-corrected chi connectivity index (χ1v) is 9.07. The van der Waals surface area contributed by atoms with E-state index in [4.69, 9.17) is 23.2 Å². The van der Waals surface area contributed by atoms with Crippen LogP contribution in [-0.4, -0.2) is 10.9 Å². The molecular formula is C19H14Cl2N2OS. The highest BCUT2D eigenvalue weighted by Gasteiger charge is 2.11. The predicted octanol–water partition coefficient (Wildman–Crippen LogP) is 6.08. The lowest BCUT2D eigenvalue weighted by Crippen LogP contribution is -2.07. The molecule has 0 aliphatic heterocycles. The molecule has 0 bridgehead atoms. The van der Waals surface area contributed by atoms with Crippen LogP contribution < -0.4 is 5.32 Å². The van der Waals surface area contributed by atoms with Gasteiger partial charge in [0.15, 0.2) is 5.13 Å². The van der Waals surface area contributed by atoms with Gasteiger partial charge in [0.2, 0.25) is 5.91 Å². The highest BCUT2D eigenvalue weighted by Crippen LogP contribution is 2.31. The van der Waals surface area contributed by atoms with Crippen LogP contribution in [0, 0.1) is 6.92 Å². The van der Waals surface area contributed by atoms with E-state index in [1.54, 1.807) is 12.1 Å². The largest absolute Gasteiger partial charge is 0.298 e. The second kappa shape index (κ2) is 7.83. The highest BCUT2D eigenvalue weighted by atomic mass is 35.5. The second-order valence-electron chi connectivity index (χ2n) is 5.28. The molecule has 0 aliphatic carbocycles. The first-order valence-electron chi connectivity index (χ1n) is 7.50. The predicted molar refractivity (Wildman–Crippen MR) is 106 cm³/mol. The molecule has 0 saturated heterocycles. The molecule has 1 N–H and O–H groups in total. The topological polar surface area (TPSA) is 42.0 Å². The highest BCUT2D eigenvalue weighted by molar-refractivity contribution is 7.16. The quantitative estimate of drug-likeness (QED) is 0.550. The number of thiazole rings is 1. The fraction of sp³-hybridized carbons (Fsp3) is 0.0526. The third kappa shape index (κ3) is 4.48. The molecule has 3 aromatic rings. The molecule has 1 aromatic heterocycles. The van der Waals surface area contributed by atoms with Crippen molar-refractivity contribution >= 4 is 51.7 Å². The van der Waals surface area contributed by atoms with Crippen LogP contribution in [0.3, 0.4) is 0 Å². The van der Waals surface area contributed by atoms with Crippen molar-refractivity contribution in [3.63, 3.8) is 0 Å². The smallest absolute Gasteiger partial charge is 0.250 e. The van der Waals surface area contributed by atoms with E-state index in [1.807, 2.05) is 49.4 Å². The molecule has 3 rings (SSSR count). The Bertz CT molecular complexity index is 950. The van der Waals surface area contributed by atoms with Crippen LogP contribution in [0.1, 0.15) is 10.4 Å². The minimum absolute atomic E-state index is 0.258. The lowest BCUT2D eigenvalue weighted by Gasteiger charge is -1.99. The molecule has 3 nitrogen and oxygen atoms in total. The van der Waals surface area contributed by atoms with E-state index in [1.165, 1.54) is 17.4 Å². The molecule has 25 heavy (non-hydrogen) atoms. The summed E-state index contributed by atoms with van der Waals surface area (Å²) in [6.45, 7) is 1.96. The molecule has 1 amide bonds. The summed E-state index contributed by atoms with van der Waals surface area (Å²) in [6.07, 6.45) is 3.12. The molecule has 6 heteroatoms. The van der Waals surface area contributed by atoms with Crippen molar-refractivity contribution in [2.75, 3.05) is 5.32 Å². The van der Waals surface area contributed by atoms with Crippen molar-refractivity contribution in [2.45, 2.75) is 6.92 Å². The zero-order valence-electron chi connectivity index (χ0n) is 13.3. The van der Waals surface area contributed by atoms with Crippen molar-refractivity contribution in [3.05, 3.63) is 75.1 Å². The third-order valence-corrected chi connectivity index (χ3v) is 4.91. The van der Waals surface area contributed by atoms with Crippen LogP contribution in [0.15, 0.2) is 54.6 Å². The van der Waals surface area contributed by atoms with Gasteiger partial charge in [0.1, 0.15) is 0 Å². The number of amides is 1. The number of hydrogen-bond acceptors (Lipinski definition) is 3. The van der Waals surface area contributed by atoms with Gasteiger partial charge in [0.25, 0.3) is 0 Å². The fourth-order valence-electron chi connectivity index (χ4n) is 2.28. The number of hydrogen-bond donors (Lipinski definition) is 1. The average Bonchev–Trinajstić information content (AvgIpc) is 2.94. The monoisotopic (exact) mass is 388 g/mol. The number of aryl methyl sites for hydroxylation is 1. The van der Waals surface area contributed by atoms with E-state index in [-0.39, 0.29) is 5.91 Å². The normalized spacial score (nSPS) is 11.0. The van der Waals surface area contributed by atoms with Crippen LogP contribution >= 0.6 is 34.5 Å². The minimum atomic E-state index is -0.258. The van der Waals surface area contributed by atoms with E-state index in [2.05, 4.69) is 10.3 Å². The molecular weight excluding hydrogens is 375 g/mol. The van der Waals surface area contributed by atoms with Gasteiger partial charge in [-0.25, -0.2) is 4.98 Å². The summed E-state index contributed by atoms with van der Waals surface area (Å²) < 4.78 is 0. The standard InChI is InChI=1S/C19H14Cl2N2OS/c1-12-18(14-6-4-7-15(20)11-14)23-19(25-12)22-17(24)10-9-13-5-2-3-8-16(13)21/h2-11H,1H3,(H,22,23,24)/b10-9+. The molecule has 126 valence electrons. The molecule has 0 unspecified atom stereocenters. The lowest BCUT2D eigenvalue weighted by molar-refractivity contribution is -0.111. The Morgan fingerprint density at radius 1 is 1.16 bits per heavy atom. The SMILES string of the molecule is Cc1sc(NC(=O)/C=C/c2ccccc2Cl)nc1-c1cccc(Cl)c1. The maximum absolute atomic E-state index is 12.1. The van der Waals surface area contributed by atoms with Gasteiger partial charge in [-0.05, 0) is 36.8 Å². The summed E-state index contributed by atoms with van der Waals surface area (Å²) in [5.41, 5.74) is 2.53. The van der Waals surface area contributed by atoms with Gasteiger partial charge >= 0.3 is 0 Å². The van der Waals surface area contributed by atoms with Crippen LogP contribution in [0.4, 0.5) is 5.13 Å². The van der Waals surface area contributed by atoms with Crippen LogP contribution in [0.5, 0.6) is 0 Å². The number of aromatic nitrogens is 1. The molecule has 0 aliphatic rings. The summed E-state index contributed by atoms with van der Waals surface area (Å²) in [7, 11) is 0. The van der Waals surface area contributed by atoms with E-state index in [0.717, 1.165) is 21.7 Å². The number of anilines is 1. The Morgan fingerprint density at radius 2 is 1.96 bits per heavy atom. The Hall–Kier alpha value is -2.14. The molecule has 0 spiro atoms. The fourth-order valence-corrected chi connectivity index (χ4v) is 3.50. The van der Waals surface area contributed by atoms with Crippen LogP contribution in [0.2, 0.25) is 10.0 Å². The Kier molecular flexibility index (Phi) is 5.53. The Balaban J connectivity index is 1.74. The average molecular weight is 389 g/mol. The van der Waals surface area contributed by atoms with Gasteiger partial charge in [-0.3, -0.25) is 10.1 Å². The molecule has 0 atom stereocenters. The van der Waals surface area contributed by atoms with Crippen molar-refractivity contribution in [2.24, 2.45) is 0 Å². The van der Waals surface area contributed by atoms with Gasteiger partial charge in [-0.1, -0.05) is 53.5 Å². The van der Waals surface area contributed by atoms with Gasteiger partial charge in [-0.15, -0.1) is 11.3 Å². The number of halogens is 2. The molecule has 0 fully saturated rings. The van der Waals surface area contributed by atoms with Crippen LogP contribution in [0.25, 0.3) is 17.3 Å². The number of rotatable bonds is 4. The van der Waals surface area contributed by atoms with Gasteiger partial charge in [-0.2, -0.15) is 0 Å². The van der Waals surface area contributed by atoms with Gasteiger partial charge < -0.3 is 0 Å². The van der Waals surface area contributed by atoms with Crippen LogP contribution in [-0.2, 0) is 4.79 Å². The number of carbonyl (C=O) groups excluding carboxylic acids is 1. The maximum Gasteiger partial charge on any atom is 0.250 e. The maximum atomic E-state index is 12.1. The van der Waals surface area contributed by atoms with Crippen molar-refractivity contribution in [1.82, 2.24) is 4.98 Å². The lowest BCUT2D eigenvalue weighted by atomic mass is 10.1. The first kappa shape index (κ1) is 17.7. The molecule has 1 heterocycles. The Morgan fingerprint density at radius 3 is 2.72 bits per heavy atom. The van der Waals surface area contributed by atoms with Crippen molar-refractivity contribution in [3.8, 4) is 11.3 Å². The van der Waals surface area contributed by atoms with Gasteiger partial charge in [0.05, 0.1) is 5.69 Å². The van der Waals surface area contributed by atoms with Gasteiger partial charge in [0, 0.05) is 26.6 Å². The zero-order valence-corrected chi connectivity index (χ0v) is 15.6. The van der Waals surface area contributed by atoms with E-state index in [9.17, 15) is 4.79 Å². The first-order chi connectivity index (χ1) is 12.0. The molecule has 2 aromatic carbocycles. The summed E-state index contributed by atoms with van der Waals surface area (Å²) >= 11 is 13.5. The zero-order chi connectivity index (χ0) is 17.8. The van der Waals surface area contributed by atoms with Crippen molar-refractivity contribution in [1.29, 1.82) is 0 Å². The molecule has 0 saturated carbocycles. The van der Waals surface area contributed by atoms with E-state index in [0.29, 0.717) is 15.2 Å².